The maximum absolute atomic E-state index is 12.9. The second-order valence-electron chi connectivity index (χ2n) is 7.66. The van der Waals surface area contributed by atoms with Gasteiger partial charge in [0.05, 0.1) is 12.0 Å². The van der Waals surface area contributed by atoms with Gasteiger partial charge in [0.25, 0.3) is 5.91 Å². The van der Waals surface area contributed by atoms with Crippen molar-refractivity contribution in [3.8, 4) is 0 Å². The first-order chi connectivity index (χ1) is 13.4. The molecule has 0 aliphatic rings. The van der Waals surface area contributed by atoms with Gasteiger partial charge in [0.1, 0.15) is 6.04 Å². The minimum Gasteiger partial charge on any atom is -0.480 e. The Hall–Kier alpha value is -2.94. The van der Waals surface area contributed by atoms with E-state index < -0.39 is 47.8 Å². The quantitative estimate of drug-likeness (QED) is 0.495. The molecule has 29 heavy (non-hydrogen) atoms. The van der Waals surface area contributed by atoms with Gasteiger partial charge in [-0.3, -0.25) is 19.2 Å². The number of nitrogens with zero attached hydrogens (tertiary/aromatic N) is 1. The van der Waals surface area contributed by atoms with E-state index in [0.29, 0.717) is 11.5 Å². The van der Waals surface area contributed by atoms with Gasteiger partial charge in [-0.1, -0.05) is 30.3 Å². The third kappa shape index (κ3) is 8.73. The van der Waals surface area contributed by atoms with Crippen LogP contribution in [0.15, 0.2) is 30.3 Å². The summed E-state index contributed by atoms with van der Waals surface area (Å²) in [6.07, 6.45) is 0.0469. The Bertz CT molecular complexity index is 729. The minimum absolute atomic E-state index is 0.0845. The molecule has 0 aliphatic heterocycles. The van der Waals surface area contributed by atoms with Gasteiger partial charge in [-0.15, -0.1) is 0 Å². The molecule has 0 radical (unpaired) electrons. The molecule has 0 heterocycles. The Kier molecular flexibility index (Phi) is 8.78. The lowest BCUT2D eigenvalue weighted by atomic mass is 10.1. The topological polar surface area (TPSA) is 139 Å². The van der Waals surface area contributed by atoms with E-state index in [9.17, 15) is 24.3 Å². The summed E-state index contributed by atoms with van der Waals surface area (Å²) in [5.41, 5.74) is 5.28. The van der Waals surface area contributed by atoms with Crippen LogP contribution in [0.2, 0.25) is 0 Å². The number of carbonyl (C=O) groups is 4. The van der Waals surface area contributed by atoms with Crippen LogP contribution in [0.1, 0.15) is 46.1 Å². The molecule has 0 fully saturated rings. The SMILES string of the molecule is C[C@@H](C(=O)O)N(OC(C)(C)C)C(=O)[C@H](CC(N)=O)NC(=O)CCc1ccccc1. The summed E-state index contributed by atoms with van der Waals surface area (Å²) in [5.74, 6) is -3.44. The van der Waals surface area contributed by atoms with E-state index in [1.165, 1.54) is 6.92 Å². The summed E-state index contributed by atoms with van der Waals surface area (Å²) in [6, 6.07) is 6.62. The number of hydrogen-bond donors (Lipinski definition) is 3. The van der Waals surface area contributed by atoms with Gasteiger partial charge in [0, 0.05) is 6.42 Å². The van der Waals surface area contributed by atoms with Crippen molar-refractivity contribution in [2.24, 2.45) is 5.73 Å². The maximum Gasteiger partial charge on any atom is 0.328 e. The Morgan fingerprint density at radius 1 is 1.17 bits per heavy atom. The van der Waals surface area contributed by atoms with Crippen LogP contribution in [0, 0.1) is 0 Å². The minimum atomic E-state index is -1.33. The molecular formula is C20H29N3O6. The monoisotopic (exact) mass is 407 g/mol. The second kappa shape index (κ2) is 10.6. The first-order valence-electron chi connectivity index (χ1n) is 9.27. The number of rotatable bonds is 10. The fourth-order valence-corrected chi connectivity index (χ4v) is 2.43. The molecule has 2 atom stereocenters. The number of hydroxylamine groups is 2. The largest absolute Gasteiger partial charge is 0.480 e. The number of nitrogens with one attached hydrogen (secondary N) is 1. The van der Waals surface area contributed by atoms with Crippen LogP contribution < -0.4 is 11.1 Å². The van der Waals surface area contributed by atoms with Crippen molar-refractivity contribution >= 4 is 23.7 Å². The van der Waals surface area contributed by atoms with E-state index in [0.717, 1.165) is 5.56 Å². The molecule has 0 aliphatic carbocycles. The molecule has 1 aromatic rings. The molecule has 0 aromatic heterocycles. The Morgan fingerprint density at radius 3 is 2.24 bits per heavy atom. The van der Waals surface area contributed by atoms with E-state index in [4.69, 9.17) is 10.6 Å². The molecule has 0 saturated heterocycles. The van der Waals surface area contributed by atoms with Crippen LogP contribution in [-0.2, 0) is 30.4 Å². The zero-order valence-electron chi connectivity index (χ0n) is 17.2. The smallest absolute Gasteiger partial charge is 0.328 e. The molecule has 1 aromatic carbocycles. The second-order valence-corrected chi connectivity index (χ2v) is 7.66. The Balaban J connectivity index is 2.94. The average molecular weight is 407 g/mol. The number of benzene rings is 1. The number of carboxylic acid groups (broad SMARTS) is 1. The molecule has 0 saturated carbocycles. The highest BCUT2D eigenvalue weighted by atomic mass is 16.7. The van der Waals surface area contributed by atoms with E-state index >= 15 is 0 Å². The first-order valence-corrected chi connectivity index (χ1v) is 9.27. The maximum atomic E-state index is 12.9. The predicted molar refractivity (Wildman–Crippen MR) is 105 cm³/mol. The molecule has 3 amide bonds. The van der Waals surface area contributed by atoms with Crippen LogP contribution in [-0.4, -0.2) is 51.5 Å². The van der Waals surface area contributed by atoms with E-state index in [1.54, 1.807) is 20.8 Å². The number of aliphatic carboxylic acids is 1. The molecule has 1 rings (SSSR count). The summed E-state index contributed by atoms with van der Waals surface area (Å²) in [4.78, 5) is 53.6. The molecule has 0 bridgehead atoms. The molecule has 0 unspecified atom stereocenters. The van der Waals surface area contributed by atoms with E-state index in [2.05, 4.69) is 5.32 Å². The van der Waals surface area contributed by atoms with Crippen molar-refractivity contribution in [3.63, 3.8) is 0 Å². The van der Waals surface area contributed by atoms with Crippen molar-refractivity contribution in [1.82, 2.24) is 10.4 Å². The highest BCUT2D eigenvalue weighted by Gasteiger charge is 2.36. The summed E-state index contributed by atoms with van der Waals surface area (Å²) in [5, 5.41) is 12.4. The number of hydrogen-bond acceptors (Lipinski definition) is 5. The van der Waals surface area contributed by atoms with Crippen LogP contribution in [0.5, 0.6) is 0 Å². The highest BCUT2D eigenvalue weighted by Crippen LogP contribution is 2.16. The molecule has 0 spiro atoms. The summed E-state index contributed by atoms with van der Waals surface area (Å²) >= 11 is 0. The van der Waals surface area contributed by atoms with Crippen LogP contribution in [0.4, 0.5) is 0 Å². The zero-order valence-corrected chi connectivity index (χ0v) is 17.2. The lowest BCUT2D eigenvalue weighted by Gasteiger charge is -2.34. The predicted octanol–water partition coefficient (Wildman–Crippen LogP) is 1.01. The van der Waals surface area contributed by atoms with Gasteiger partial charge in [0.15, 0.2) is 6.04 Å². The molecule has 160 valence electrons. The fraction of sp³-hybridized carbons (Fsp3) is 0.500. The van der Waals surface area contributed by atoms with E-state index in [-0.39, 0.29) is 6.42 Å². The standard InChI is InChI=1S/C20H29N3O6/c1-13(19(27)28)23(29-20(2,3)4)18(26)15(12-16(21)24)22-17(25)11-10-14-8-6-5-7-9-14/h5-9,13,15H,10-12H2,1-4H3,(H2,21,24)(H,22,25)(H,27,28)/t13-,15-/m0/s1. The number of nitrogens with two attached hydrogens (primary N) is 1. The summed E-state index contributed by atoms with van der Waals surface area (Å²) in [7, 11) is 0. The van der Waals surface area contributed by atoms with Crippen LogP contribution in [0.3, 0.4) is 0 Å². The average Bonchev–Trinajstić information content (AvgIpc) is 2.62. The third-order valence-electron chi connectivity index (χ3n) is 3.82. The van der Waals surface area contributed by atoms with Gasteiger partial charge in [-0.25, -0.2) is 9.86 Å². The van der Waals surface area contributed by atoms with Gasteiger partial charge in [0.2, 0.25) is 11.8 Å². The van der Waals surface area contributed by atoms with Gasteiger partial charge >= 0.3 is 5.97 Å². The normalized spacial score (nSPS) is 13.2. The zero-order chi connectivity index (χ0) is 22.2. The molecule has 9 heteroatoms. The van der Waals surface area contributed by atoms with Crippen molar-refractivity contribution < 1.29 is 29.1 Å². The molecule has 4 N–H and O–H groups in total. The number of carbonyl (C=O) groups excluding carboxylic acids is 3. The first kappa shape index (κ1) is 24.1. The van der Waals surface area contributed by atoms with Crippen molar-refractivity contribution in [3.05, 3.63) is 35.9 Å². The van der Waals surface area contributed by atoms with Gasteiger partial charge in [-0.05, 0) is 39.7 Å². The summed E-state index contributed by atoms with van der Waals surface area (Å²) in [6.45, 7) is 6.20. The van der Waals surface area contributed by atoms with Crippen LogP contribution in [0.25, 0.3) is 0 Å². The van der Waals surface area contributed by atoms with Crippen molar-refractivity contribution in [2.75, 3.05) is 0 Å². The number of aryl methyl sites for hydroxylation is 1. The fourth-order valence-electron chi connectivity index (χ4n) is 2.43. The molecular weight excluding hydrogens is 378 g/mol. The molecule has 9 nitrogen and oxygen atoms in total. The number of primary amides is 1. The third-order valence-corrected chi connectivity index (χ3v) is 3.82. The van der Waals surface area contributed by atoms with Crippen molar-refractivity contribution in [1.29, 1.82) is 0 Å². The van der Waals surface area contributed by atoms with Crippen molar-refractivity contribution in [2.45, 2.75) is 64.6 Å². The summed E-state index contributed by atoms with van der Waals surface area (Å²) < 4.78 is 0. The van der Waals surface area contributed by atoms with Gasteiger partial charge in [-0.2, -0.15) is 0 Å². The Labute approximate surface area is 170 Å². The lowest BCUT2D eigenvalue weighted by Crippen LogP contribution is -2.55. The van der Waals surface area contributed by atoms with E-state index in [1.807, 2.05) is 30.3 Å². The number of amides is 3. The van der Waals surface area contributed by atoms with Crippen LogP contribution >= 0.6 is 0 Å². The number of carboxylic acids is 1. The Morgan fingerprint density at radius 2 is 1.76 bits per heavy atom. The highest BCUT2D eigenvalue weighted by molar-refractivity contribution is 5.93. The van der Waals surface area contributed by atoms with Gasteiger partial charge < -0.3 is 16.2 Å². The lowest BCUT2D eigenvalue weighted by molar-refractivity contribution is -0.243.